The number of anilines is 1. The third-order valence-electron chi connectivity index (χ3n) is 6.85. The van der Waals surface area contributed by atoms with Crippen molar-refractivity contribution in [3.05, 3.63) is 122 Å². The average molecular weight is 598 g/mol. The van der Waals surface area contributed by atoms with Crippen LogP contribution in [0.15, 0.2) is 81.2 Å². The molecule has 5 aromatic rings. The summed E-state index contributed by atoms with van der Waals surface area (Å²) in [5.74, 6) is -3.29. The molecule has 1 atom stereocenters. The van der Waals surface area contributed by atoms with E-state index >= 15 is 0 Å². The normalized spacial score (nSPS) is 12.5. The minimum absolute atomic E-state index is 0.0282. The number of imidazole rings is 1. The molecule has 2 aromatic heterocycles. The number of unbranched alkanes of at least 4 members (excludes halogenated alkanes) is 1. The lowest BCUT2D eigenvalue weighted by atomic mass is 9.91. The molecule has 0 radical (unpaired) electrons. The summed E-state index contributed by atoms with van der Waals surface area (Å²) in [6.07, 6.45) is 1.59. The van der Waals surface area contributed by atoms with Gasteiger partial charge in [0.1, 0.15) is 28.8 Å². The number of benzene rings is 3. The van der Waals surface area contributed by atoms with Crippen LogP contribution in [0.25, 0.3) is 11.2 Å². The largest absolute Gasteiger partial charge is 0.336 e. The Labute approximate surface area is 238 Å². The van der Waals surface area contributed by atoms with Gasteiger partial charge in [0, 0.05) is 18.2 Å². The first-order valence-electron chi connectivity index (χ1n) is 13.1. The number of halogens is 3. The molecule has 218 valence electrons. The Morgan fingerprint density at radius 2 is 1.57 bits per heavy atom. The lowest BCUT2D eigenvalue weighted by Gasteiger charge is -2.17. The van der Waals surface area contributed by atoms with Gasteiger partial charge in [0.05, 0.1) is 0 Å². The number of aromatic nitrogens is 4. The van der Waals surface area contributed by atoms with Crippen molar-refractivity contribution in [1.82, 2.24) is 19.5 Å². The molecule has 0 amide bonds. The van der Waals surface area contributed by atoms with Crippen LogP contribution in [0.3, 0.4) is 0 Å². The van der Waals surface area contributed by atoms with E-state index in [1.54, 1.807) is 30.3 Å². The van der Waals surface area contributed by atoms with Crippen LogP contribution in [-0.2, 0) is 23.0 Å². The van der Waals surface area contributed by atoms with Crippen LogP contribution in [0.4, 0.5) is 18.9 Å². The second-order valence-electron chi connectivity index (χ2n) is 9.71. The van der Waals surface area contributed by atoms with Gasteiger partial charge >= 0.3 is 5.69 Å². The van der Waals surface area contributed by atoms with E-state index in [9.17, 15) is 31.2 Å². The second-order valence-corrected chi connectivity index (χ2v) is 11.3. The van der Waals surface area contributed by atoms with Gasteiger partial charge in [-0.25, -0.2) is 31.4 Å². The van der Waals surface area contributed by atoms with Gasteiger partial charge in [-0.3, -0.25) is 19.1 Å². The maximum Gasteiger partial charge on any atom is 0.330 e. The summed E-state index contributed by atoms with van der Waals surface area (Å²) in [5.41, 5.74) is -0.0156. The molecule has 0 aliphatic rings. The number of nitrogens with zero attached hydrogens (tertiary/aromatic N) is 2. The molecule has 13 heteroatoms. The van der Waals surface area contributed by atoms with Crippen molar-refractivity contribution < 1.29 is 21.6 Å². The zero-order chi connectivity index (χ0) is 30.0. The maximum absolute atomic E-state index is 14.7. The van der Waals surface area contributed by atoms with Crippen molar-refractivity contribution in [3.63, 3.8) is 0 Å². The molecule has 3 aromatic carbocycles. The zero-order valence-electron chi connectivity index (χ0n) is 22.3. The van der Waals surface area contributed by atoms with Gasteiger partial charge in [0.15, 0.2) is 10.5 Å². The maximum atomic E-state index is 14.7. The second kappa shape index (κ2) is 11.7. The van der Waals surface area contributed by atoms with Crippen molar-refractivity contribution in [1.29, 1.82) is 0 Å². The average Bonchev–Trinajstić information content (AvgIpc) is 3.38. The Bertz CT molecular complexity index is 1970. The number of hydrogen-bond donors (Lipinski definition) is 3. The van der Waals surface area contributed by atoms with E-state index in [-0.39, 0.29) is 29.1 Å². The van der Waals surface area contributed by atoms with Gasteiger partial charge < -0.3 is 4.98 Å². The molecule has 0 saturated carbocycles. The molecule has 42 heavy (non-hydrogen) atoms. The summed E-state index contributed by atoms with van der Waals surface area (Å²) in [6, 6.07) is 14.8. The van der Waals surface area contributed by atoms with Crippen molar-refractivity contribution in [3.8, 4) is 0 Å². The topological polar surface area (TPSA) is 130 Å². The highest BCUT2D eigenvalue weighted by molar-refractivity contribution is 7.92. The van der Waals surface area contributed by atoms with Crippen LogP contribution in [0.2, 0.25) is 0 Å². The minimum Gasteiger partial charge on any atom is -0.336 e. The lowest BCUT2D eigenvalue weighted by molar-refractivity contribution is 0.521. The third kappa shape index (κ3) is 5.73. The molecule has 5 rings (SSSR count). The van der Waals surface area contributed by atoms with Crippen LogP contribution in [0.5, 0.6) is 0 Å². The van der Waals surface area contributed by atoms with Crippen LogP contribution in [0, 0.1) is 17.5 Å². The van der Waals surface area contributed by atoms with Gasteiger partial charge in [-0.05, 0) is 54.3 Å². The Morgan fingerprint density at radius 3 is 2.24 bits per heavy atom. The molecular weight excluding hydrogens is 571 g/mol. The fourth-order valence-electron chi connectivity index (χ4n) is 4.73. The molecule has 1 unspecified atom stereocenters. The van der Waals surface area contributed by atoms with Gasteiger partial charge in [0.2, 0.25) is 0 Å². The smallest absolute Gasteiger partial charge is 0.330 e. The lowest BCUT2D eigenvalue weighted by Crippen LogP contribution is -2.30. The first kappa shape index (κ1) is 28.9. The van der Waals surface area contributed by atoms with Gasteiger partial charge in [-0.2, -0.15) is 0 Å². The predicted octanol–water partition coefficient (Wildman–Crippen LogP) is 4.81. The van der Waals surface area contributed by atoms with Gasteiger partial charge in [-0.15, -0.1) is 0 Å². The van der Waals surface area contributed by atoms with Crippen molar-refractivity contribution in [2.75, 3.05) is 4.72 Å². The summed E-state index contributed by atoms with van der Waals surface area (Å²) in [5, 5.41) is 0. The number of rotatable bonds is 10. The first-order chi connectivity index (χ1) is 20.1. The Balaban J connectivity index is 1.56. The molecule has 2 heterocycles. The van der Waals surface area contributed by atoms with Gasteiger partial charge in [0.25, 0.3) is 15.6 Å². The van der Waals surface area contributed by atoms with E-state index in [0.29, 0.717) is 24.1 Å². The minimum atomic E-state index is -4.59. The van der Waals surface area contributed by atoms with E-state index in [1.807, 2.05) is 6.92 Å². The number of sulfonamides is 1. The summed E-state index contributed by atoms with van der Waals surface area (Å²) in [7, 11) is -4.59. The fraction of sp³-hybridized carbons (Fsp3) is 0.207. The standard InChI is InChI=1S/C29H26F3N5O4S/c1-2-3-15-37-27-24(28(38)35-29(37)39)33-26(34-27)20(16-18-7-4-5-8-21(18)30)17-11-13-19(14-12-17)36-42(40,41)25-22(31)9-6-10-23(25)32/h4-14,20,36H,2-3,15-16H2,1H3,(H,33,34)(H,35,38,39). The number of aryl methyl sites for hydroxylation is 1. The highest BCUT2D eigenvalue weighted by Crippen LogP contribution is 2.30. The quantitative estimate of drug-likeness (QED) is 0.213. The Hall–Kier alpha value is -4.65. The van der Waals surface area contributed by atoms with E-state index in [4.69, 9.17) is 0 Å². The zero-order valence-corrected chi connectivity index (χ0v) is 23.1. The molecule has 0 saturated heterocycles. The van der Waals surface area contributed by atoms with E-state index in [2.05, 4.69) is 19.7 Å². The van der Waals surface area contributed by atoms with E-state index < -0.39 is 49.5 Å². The first-order valence-corrected chi connectivity index (χ1v) is 14.6. The third-order valence-corrected chi connectivity index (χ3v) is 8.28. The number of aromatic amines is 2. The van der Waals surface area contributed by atoms with Crippen LogP contribution in [-0.4, -0.2) is 27.9 Å². The number of nitrogens with one attached hydrogen (secondary N) is 3. The number of H-pyrrole nitrogens is 2. The highest BCUT2D eigenvalue weighted by atomic mass is 32.2. The predicted molar refractivity (Wildman–Crippen MR) is 151 cm³/mol. The molecule has 0 bridgehead atoms. The molecule has 0 fully saturated rings. The SMILES string of the molecule is CCCCn1c(=O)[nH]c(=O)c2[nH]c(C(Cc3ccccc3F)c3ccc(NS(=O)(=O)c4c(F)cccc4F)cc3)nc21. The van der Waals surface area contributed by atoms with Crippen LogP contribution in [0.1, 0.15) is 42.6 Å². The molecule has 0 spiro atoms. The molecule has 0 aliphatic carbocycles. The Morgan fingerprint density at radius 1 is 0.905 bits per heavy atom. The van der Waals surface area contributed by atoms with E-state index in [1.165, 1.54) is 22.8 Å². The van der Waals surface area contributed by atoms with Crippen LogP contribution < -0.4 is 16.0 Å². The monoisotopic (exact) mass is 597 g/mol. The van der Waals surface area contributed by atoms with E-state index in [0.717, 1.165) is 24.6 Å². The van der Waals surface area contributed by atoms with Crippen molar-refractivity contribution in [2.45, 2.75) is 43.5 Å². The summed E-state index contributed by atoms with van der Waals surface area (Å²) in [6.45, 7) is 2.30. The highest BCUT2D eigenvalue weighted by Gasteiger charge is 2.25. The van der Waals surface area contributed by atoms with Crippen molar-refractivity contribution in [2.24, 2.45) is 0 Å². The summed E-state index contributed by atoms with van der Waals surface area (Å²) in [4.78, 5) is 34.0. The fourth-order valence-corrected chi connectivity index (χ4v) is 5.93. The van der Waals surface area contributed by atoms with Gasteiger partial charge in [-0.1, -0.05) is 49.7 Å². The number of fused-ring (bicyclic) bond motifs is 1. The van der Waals surface area contributed by atoms with Crippen LogP contribution >= 0.6 is 0 Å². The molecule has 0 aliphatic heterocycles. The summed E-state index contributed by atoms with van der Waals surface area (Å²) < 4.78 is 72.0. The number of hydrogen-bond acceptors (Lipinski definition) is 5. The Kier molecular flexibility index (Phi) is 8.03. The molecule has 3 N–H and O–H groups in total. The molecule has 9 nitrogen and oxygen atoms in total. The van der Waals surface area contributed by atoms with Crippen molar-refractivity contribution >= 4 is 26.9 Å². The molecular formula is C29H26F3N5O4S. The summed E-state index contributed by atoms with van der Waals surface area (Å²) >= 11 is 0.